The van der Waals surface area contributed by atoms with Gasteiger partial charge in [-0.3, -0.25) is 9.48 Å². The second kappa shape index (κ2) is 9.46. The van der Waals surface area contributed by atoms with E-state index in [2.05, 4.69) is 38.4 Å². The van der Waals surface area contributed by atoms with Gasteiger partial charge >= 0.3 is 0 Å². The van der Waals surface area contributed by atoms with Gasteiger partial charge in [-0.15, -0.1) is 11.3 Å². The van der Waals surface area contributed by atoms with Gasteiger partial charge in [0.15, 0.2) is 17.2 Å². The van der Waals surface area contributed by atoms with Gasteiger partial charge in [0.1, 0.15) is 0 Å². The van der Waals surface area contributed by atoms with Gasteiger partial charge in [-0.25, -0.2) is 14.5 Å². The summed E-state index contributed by atoms with van der Waals surface area (Å²) >= 11 is 1.57. The molecule has 0 saturated carbocycles. The average Bonchev–Trinajstić information content (AvgIpc) is 3.62. The van der Waals surface area contributed by atoms with Gasteiger partial charge in [0, 0.05) is 35.9 Å². The number of thiophene rings is 1. The van der Waals surface area contributed by atoms with Crippen molar-refractivity contribution >= 4 is 38.9 Å². The smallest absolute Gasteiger partial charge is 0.274 e. The molecule has 6 rings (SSSR count). The summed E-state index contributed by atoms with van der Waals surface area (Å²) in [5.41, 5.74) is 11.9. The first-order valence-corrected chi connectivity index (χ1v) is 12.7. The number of fused-ring (bicyclic) bond motifs is 2. The number of carbonyl (C=O) groups is 1. The monoisotopic (exact) mass is 518 g/mol. The molecule has 0 radical (unpaired) electrons. The van der Waals surface area contributed by atoms with Crippen LogP contribution in [0.25, 0.3) is 27.1 Å². The minimum Gasteiger partial charge on any atom is -0.382 e. The molecule has 0 aliphatic rings. The third-order valence-electron chi connectivity index (χ3n) is 6.12. The summed E-state index contributed by atoms with van der Waals surface area (Å²) in [5, 5.41) is 13.5. The number of nitrogens with two attached hydrogens (primary N) is 1. The van der Waals surface area contributed by atoms with Crippen LogP contribution in [0.1, 0.15) is 40.1 Å². The molecular weight excluding hydrogens is 496 g/mol. The summed E-state index contributed by atoms with van der Waals surface area (Å²) in [6.45, 7) is 1.93. The Labute approximate surface area is 222 Å². The van der Waals surface area contributed by atoms with Crippen molar-refractivity contribution in [1.29, 1.82) is 0 Å². The zero-order valence-corrected chi connectivity index (χ0v) is 21.4. The molecule has 0 spiro atoms. The van der Waals surface area contributed by atoms with E-state index >= 15 is 0 Å². The molecule has 3 N–H and O–H groups in total. The van der Waals surface area contributed by atoms with Gasteiger partial charge in [0.25, 0.3) is 5.91 Å². The van der Waals surface area contributed by atoms with Gasteiger partial charge in [-0.05, 0) is 25.1 Å². The van der Waals surface area contributed by atoms with E-state index in [-0.39, 0.29) is 23.5 Å². The Morgan fingerprint density at radius 1 is 1.11 bits per heavy atom. The van der Waals surface area contributed by atoms with Crippen LogP contribution in [0.15, 0.2) is 72.5 Å². The van der Waals surface area contributed by atoms with Crippen LogP contribution in [0.4, 0.5) is 5.82 Å². The average molecular weight is 519 g/mol. The number of rotatable bonds is 4. The first-order valence-electron chi connectivity index (χ1n) is 11.9. The molecule has 6 aromatic rings. The molecule has 10 heteroatoms. The molecule has 1 atom stereocenters. The van der Waals surface area contributed by atoms with E-state index in [1.165, 1.54) is 4.52 Å². The fourth-order valence-electron chi connectivity index (χ4n) is 4.30. The molecule has 5 heterocycles. The second-order valence-corrected chi connectivity index (χ2v) is 9.69. The summed E-state index contributed by atoms with van der Waals surface area (Å²) < 4.78 is 4.15. The summed E-state index contributed by atoms with van der Waals surface area (Å²) in [6.07, 6.45) is 5.20. The molecule has 0 aliphatic carbocycles. The summed E-state index contributed by atoms with van der Waals surface area (Å²) in [4.78, 5) is 22.6. The first-order chi connectivity index (χ1) is 18.5. The Morgan fingerprint density at radius 3 is 2.74 bits per heavy atom. The Kier molecular flexibility index (Phi) is 5.82. The van der Waals surface area contributed by atoms with E-state index in [0.29, 0.717) is 5.65 Å². The number of benzene rings is 1. The number of carbonyl (C=O) groups excluding carboxylic acids is 1. The number of nitrogens with one attached hydrogen (secondary N) is 1. The summed E-state index contributed by atoms with van der Waals surface area (Å²) in [5.74, 6) is 6.17. The van der Waals surface area contributed by atoms with Crippen molar-refractivity contribution < 1.29 is 4.79 Å². The molecule has 0 saturated heterocycles. The molecule has 1 amide bonds. The molecule has 9 nitrogen and oxygen atoms in total. The van der Waals surface area contributed by atoms with Crippen molar-refractivity contribution in [3.8, 4) is 23.1 Å². The molecule has 0 bridgehead atoms. The number of imidazole rings is 1. The van der Waals surface area contributed by atoms with E-state index in [4.69, 9.17) is 10.7 Å². The van der Waals surface area contributed by atoms with Crippen molar-refractivity contribution in [3.63, 3.8) is 0 Å². The fourth-order valence-corrected chi connectivity index (χ4v) is 5.18. The summed E-state index contributed by atoms with van der Waals surface area (Å²) in [7, 11) is 1.86. The molecular formula is C28H22N8OS. The van der Waals surface area contributed by atoms with E-state index in [9.17, 15) is 4.79 Å². The Morgan fingerprint density at radius 2 is 1.95 bits per heavy atom. The number of aromatic nitrogens is 6. The van der Waals surface area contributed by atoms with Crippen LogP contribution in [-0.4, -0.2) is 35.3 Å². The Balaban J connectivity index is 1.40. The molecule has 186 valence electrons. The molecule has 0 fully saturated rings. The lowest BCUT2D eigenvalue weighted by Crippen LogP contribution is -2.29. The minimum absolute atomic E-state index is 0.125. The topological polar surface area (TPSA) is 116 Å². The maximum Gasteiger partial charge on any atom is 0.274 e. The van der Waals surface area contributed by atoms with Crippen LogP contribution in [0.3, 0.4) is 0 Å². The molecule has 38 heavy (non-hydrogen) atoms. The lowest BCUT2D eigenvalue weighted by atomic mass is 10.00. The quantitative estimate of drug-likeness (QED) is 0.338. The number of nitrogen functional groups attached to an aromatic ring is 1. The molecule has 5 aromatic heterocycles. The van der Waals surface area contributed by atoms with E-state index in [1.807, 2.05) is 55.9 Å². The molecule has 1 aromatic carbocycles. The van der Waals surface area contributed by atoms with Gasteiger partial charge in [-0.2, -0.15) is 10.2 Å². The fraction of sp³-hybridized carbons (Fsp3) is 0.107. The highest BCUT2D eigenvalue weighted by Crippen LogP contribution is 2.34. The van der Waals surface area contributed by atoms with Crippen molar-refractivity contribution in [2.24, 2.45) is 7.05 Å². The molecule has 0 unspecified atom stereocenters. The predicted molar refractivity (Wildman–Crippen MR) is 148 cm³/mol. The second-order valence-electron chi connectivity index (χ2n) is 8.78. The first kappa shape index (κ1) is 23.4. The van der Waals surface area contributed by atoms with E-state index in [0.717, 1.165) is 38.2 Å². The minimum atomic E-state index is -0.379. The van der Waals surface area contributed by atoms with Gasteiger partial charge < -0.3 is 11.1 Å². The van der Waals surface area contributed by atoms with Gasteiger partial charge in [-0.1, -0.05) is 42.2 Å². The maximum atomic E-state index is 13.3. The third kappa shape index (κ3) is 4.25. The number of nitrogens with zero attached hydrogens (tertiary/aromatic N) is 6. The highest BCUT2D eigenvalue weighted by molar-refractivity contribution is 7.17. The molecule has 0 aliphatic heterocycles. The zero-order chi connectivity index (χ0) is 26.2. The number of hydrogen-bond acceptors (Lipinski definition) is 7. The largest absolute Gasteiger partial charge is 0.382 e. The van der Waals surface area contributed by atoms with Crippen LogP contribution >= 0.6 is 11.3 Å². The van der Waals surface area contributed by atoms with E-state index in [1.54, 1.807) is 40.5 Å². The van der Waals surface area contributed by atoms with Crippen LogP contribution in [0.2, 0.25) is 0 Å². The Hall–Kier alpha value is -5.01. The van der Waals surface area contributed by atoms with Crippen molar-refractivity contribution in [3.05, 3.63) is 94.9 Å². The number of aryl methyl sites for hydroxylation is 1. The normalized spacial score (nSPS) is 11.8. The number of anilines is 1. The van der Waals surface area contributed by atoms with Crippen molar-refractivity contribution in [2.75, 3.05) is 5.73 Å². The lowest BCUT2D eigenvalue weighted by Gasteiger charge is -2.18. The van der Waals surface area contributed by atoms with Gasteiger partial charge in [0.2, 0.25) is 0 Å². The Bertz CT molecular complexity index is 1870. The highest BCUT2D eigenvalue weighted by atomic mass is 32.1. The van der Waals surface area contributed by atoms with Crippen LogP contribution in [-0.2, 0) is 7.05 Å². The van der Waals surface area contributed by atoms with Crippen LogP contribution in [0, 0.1) is 11.8 Å². The number of amides is 1. The predicted octanol–water partition coefficient (Wildman–Crippen LogP) is 4.21. The van der Waals surface area contributed by atoms with Gasteiger partial charge in [0.05, 0.1) is 39.3 Å². The SMILES string of the molecule is C[C@@H](NC(=O)c1c(N)nc2cccnn12)c1cc2scc(C#Cc3cnn(C)c3)c2nc1-c1ccccc1. The zero-order valence-electron chi connectivity index (χ0n) is 20.6. The van der Waals surface area contributed by atoms with Crippen molar-refractivity contribution in [2.45, 2.75) is 13.0 Å². The maximum absolute atomic E-state index is 13.3. The van der Waals surface area contributed by atoms with Crippen LogP contribution < -0.4 is 11.1 Å². The number of hydrogen-bond donors (Lipinski definition) is 2. The standard InChI is InChI=1S/C28H22N8OS/c1-17(32-28(37)26-27(29)33-23-9-6-12-30-36(23)26)21-13-22-25(34-24(21)19-7-4-3-5-8-19)20(16-38-22)11-10-18-14-31-35(2)15-18/h3-9,12-17H,29H2,1-2H3,(H,32,37)/t17-/m1/s1. The van der Waals surface area contributed by atoms with E-state index < -0.39 is 0 Å². The number of pyridine rings is 1. The van der Waals surface area contributed by atoms with Crippen molar-refractivity contribution in [1.82, 2.24) is 34.7 Å². The van der Waals surface area contributed by atoms with Crippen LogP contribution in [0.5, 0.6) is 0 Å². The lowest BCUT2D eigenvalue weighted by molar-refractivity contribution is 0.0934. The third-order valence-corrected chi connectivity index (χ3v) is 7.04. The highest BCUT2D eigenvalue weighted by Gasteiger charge is 2.23. The summed E-state index contributed by atoms with van der Waals surface area (Å²) in [6, 6.07) is 15.1.